The van der Waals surface area contributed by atoms with Gasteiger partial charge in [0.2, 0.25) is 5.95 Å². The third-order valence-electron chi connectivity index (χ3n) is 3.58. The minimum Gasteiger partial charge on any atom is -0.353 e. The quantitative estimate of drug-likeness (QED) is 0.589. The molecule has 3 rings (SSSR count). The molecule has 0 N–H and O–H groups in total. The summed E-state index contributed by atoms with van der Waals surface area (Å²) in [5.74, 6) is 5.30. The molecule has 2 aromatic rings. The lowest BCUT2D eigenvalue weighted by molar-refractivity contribution is -0.125. The Morgan fingerprint density at radius 3 is 2.61 bits per heavy atom. The van der Waals surface area contributed by atoms with E-state index in [2.05, 4.69) is 26.7 Å². The third kappa shape index (κ3) is 3.83. The molecule has 5 nitrogen and oxygen atoms in total. The van der Waals surface area contributed by atoms with Gasteiger partial charge in [0.1, 0.15) is 5.82 Å². The molecule has 0 radical (unpaired) electrons. The van der Waals surface area contributed by atoms with Crippen LogP contribution in [0.5, 0.6) is 0 Å². The summed E-state index contributed by atoms with van der Waals surface area (Å²) in [6, 6.07) is 8.55. The number of carbonyl (C=O) groups excluding carboxylic acids is 1. The topological polar surface area (TPSA) is 49.3 Å². The first kappa shape index (κ1) is 15.0. The van der Waals surface area contributed by atoms with Crippen LogP contribution in [0, 0.1) is 17.8 Å². The van der Waals surface area contributed by atoms with Crippen molar-refractivity contribution in [2.45, 2.75) is 0 Å². The highest BCUT2D eigenvalue weighted by Gasteiger charge is 2.20. The number of pyridine rings is 2. The molecule has 1 aliphatic rings. The summed E-state index contributed by atoms with van der Waals surface area (Å²) >= 11 is 0. The second-order valence-electron chi connectivity index (χ2n) is 5.08. The van der Waals surface area contributed by atoms with Gasteiger partial charge in [0.05, 0.1) is 0 Å². The Morgan fingerprint density at radius 2 is 1.91 bits per heavy atom. The molecule has 1 fully saturated rings. The number of carbonyl (C=O) groups is 1. The smallest absolute Gasteiger partial charge is 0.298 e. The van der Waals surface area contributed by atoms with Crippen LogP contribution in [0.3, 0.4) is 0 Å². The molecule has 0 aliphatic carbocycles. The van der Waals surface area contributed by atoms with E-state index in [4.69, 9.17) is 0 Å². The first-order chi connectivity index (χ1) is 11.2. The number of anilines is 1. The summed E-state index contributed by atoms with van der Waals surface area (Å²) in [5, 5.41) is 0. The molecule has 0 aromatic carbocycles. The van der Waals surface area contributed by atoms with E-state index >= 15 is 0 Å². The minimum absolute atomic E-state index is 0.247. The highest BCUT2D eigenvalue weighted by molar-refractivity contribution is 5.94. The van der Waals surface area contributed by atoms with Gasteiger partial charge in [-0.2, -0.15) is 4.39 Å². The normalized spacial score (nSPS) is 14.1. The van der Waals surface area contributed by atoms with Crippen molar-refractivity contribution in [3.8, 4) is 11.8 Å². The zero-order valence-electron chi connectivity index (χ0n) is 12.4. The average Bonchev–Trinajstić information content (AvgIpc) is 2.61. The lowest BCUT2D eigenvalue weighted by atomic mass is 10.2. The number of piperazine rings is 1. The maximum absolute atomic E-state index is 13.0. The highest BCUT2D eigenvalue weighted by Crippen LogP contribution is 2.12. The zero-order chi connectivity index (χ0) is 16.1. The first-order valence-electron chi connectivity index (χ1n) is 7.31. The number of hydrogen-bond donors (Lipinski definition) is 0. The van der Waals surface area contributed by atoms with Gasteiger partial charge < -0.3 is 9.80 Å². The molecular weight excluding hydrogens is 295 g/mol. The zero-order valence-corrected chi connectivity index (χ0v) is 12.4. The van der Waals surface area contributed by atoms with Gasteiger partial charge in [0.25, 0.3) is 5.91 Å². The summed E-state index contributed by atoms with van der Waals surface area (Å²) < 4.78 is 13.0. The van der Waals surface area contributed by atoms with E-state index < -0.39 is 5.95 Å². The molecule has 0 atom stereocenters. The summed E-state index contributed by atoms with van der Waals surface area (Å²) in [4.78, 5) is 23.7. The van der Waals surface area contributed by atoms with Gasteiger partial charge in [-0.15, -0.1) is 0 Å². The molecule has 3 heterocycles. The van der Waals surface area contributed by atoms with Crippen molar-refractivity contribution in [2.75, 3.05) is 31.1 Å². The molecule has 0 spiro atoms. The third-order valence-corrected chi connectivity index (χ3v) is 3.58. The van der Waals surface area contributed by atoms with Gasteiger partial charge in [-0.3, -0.25) is 4.79 Å². The highest BCUT2D eigenvalue weighted by atomic mass is 19.1. The molecule has 0 saturated carbocycles. The van der Waals surface area contributed by atoms with Crippen molar-refractivity contribution in [1.29, 1.82) is 0 Å². The molecular formula is C17H15FN4O. The van der Waals surface area contributed by atoms with E-state index in [1.165, 1.54) is 12.3 Å². The van der Waals surface area contributed by atoms with Crippen LogP contribution in [0.1, 0.15) is 5.56 Å². The van der Waals surface area contributed by atoms with Gasteiger partial charge in [0, 0.05) is 56.1 Å². The summed E-state index contributed by atoms with van der Waals surface area (Å²) in [6.07, 6.45) is 3.08. The maximum atomic E-state index is 13.0. The van der Waals surface area contributed by atoms with Crippen LogP contribution in [0.2, 0.25) is 0 Å². The molecule has 23 heavy (non-hydrogen) atoms. The maximum Gasteiger partial charge on any atom is 0.298 e. The van der Waals surface area contributed by atoms with E-state index in [1.807, 2.05) is 18.2 Å². The van der Waals surface area contributed by atoms with Crippen molar-refractivity contribution in [1.82, 2.24) is 14.9 Å². The summed E-state index contributed by atoms with van der Waals surface area (Å²) in [6.45, 7) is 2.62. The molecule has 0 unspecified atom stereocenters. The molecule has 116 valence electrons. The van der Waals surface area contributed by atoms with Gasteiger partial charge in [-0.1, -0.05) is 12.0 Å². The van der Waals surface area contributed by atoms with Crippen molar-refractivity contribution in [3.05, 3.63) is 54.2 Å². The van der Waals surface area contributed by atoms with Gasteiger partial charge in [-0.05, 0) is 18.2 Å². The Balaban J connectivity index is 1.59. The van der Waals surface area contributed by atoms with Crippen molar-refractivity contribution in [2.24, 2.45) is 0 Å². The van der Waals surface area contributed by atoms with Crippen molar-refractivity contribution >= 4 is 11.7 Å². The van der Waals surface area contributed by atoms with E-state index in [1.54, 1.807) is 17.2 Å². The van der Waals surface area contributed by atoms with Crippen LogP contribution in [0.4, 0.5) is 10.2 Å². The molecule has 1 amide bonds. The number of hydrogen-bond acceptors (Lipinski definition) is 4. The molecule has 0 bridgehead atoms. The van der Waals surface area contributed by atoms with Crippen LogP contribution in [-0.4, -0.2) is 47.0 Å². The number of halogens is 1. The predicted octanol–water partition coefficient (Wildman–Crippen LogP) is 1.32. The van der Waals surface area contributed by atoms with E-state index in [9.17, 15) is 9.18 Å². The number of nitrogens with zero attached hydrogens (tertiary/aromatic N) is 4. The van der Waals surface area contributed by atoms with Crippen LogP contribution in [0.15, 0.2) is 42.7 Å². The Bertz CT molecular complexity index is 746. The Morgan fingerprint density at radius 1 is 1.09 bits per heavy atom. The monoisotopic (exact) mass is 310 g/mol. The SMILES string of the molecule is O=C(C#Cc1ccnc(F)c1)N1CCN(c2ccccn2)CC1. The standard InChI is InChI=1S/C17H15FN4O/c18-15-13-14(6-8-19-15)4-5-17(23)22-11-9-21(10-12-22)16-3-1-2-7-20-16/h1-3,6-8,13H,9-12H2. The van der Waals surface area contributed by atoms with E-state index in [-0.39, 0.29) is 5.91 Å². The fourth-order valence-corrected chi connectivity index (χ4v) is 2.36. The Labute approximate surface area is 133 Å². The Hall–Kier alpha value is -2.94. The molecule has 1 saturated heterocycles. The van der Waals surface area contributed by atoms with Crippen LogP contribution in [0.25, 0.3) is 0 Å². The van der Waals surface area contributed by atoms with E-state index in [0.29, 0.717) is 31.7 Å². The fraction of sp³-hybridized carbons (Fsp3) is 0.235. The second kappa shape index (κ2) is 6.88. The Kier molecular flexibility index (Phi) is 4.48. The van der Waals surface area contributed by atoms with Crippen molar-refractivity contribution < 1.29 is 9.18 Å². The summed E-state index contributed by atoms with van der Waals surface area (Å²) in [7, 11) is 0. The number of rotatable bonds is 1. The molecule has 6 heteroatoms. The van der Waals surface area contributed by atoms with Gasteiger partial charge >= 0.3 is 0 Å². The van der Waals surface area contributed by atoms with E-state index in [0.717, 1.165) is 5.82 Å². The fourth-order valence-electron chi connectivity index (χ4n) is 2.36. The van der Waals surface area contributed by atoms with Crippen LogP contribution < -0.4 is 4.90 Å². The van der Waals surface area contributed by atoms with Crippen LogP contribution >= 0.6 is 0 Å². The largest absolute Gasteiger partial charge is 0.353 e. The van der Waals surface area contributed by atoms with Crippen LogP contribution in [-0.2, 0) is 4.79 Å². The number of aromatic nitrogens is 2. The molecule has 2 aromatic heterocycles. The summed E-state index contributed by atoms with van der Waals surface area (Å²) in [5.41, 5.74) is 0.443. The molecule has 1 aliphatic heterocycles. The lowest BCUT2D eigenvalue weighted by Crippen LogP contribution is -2.48. The van der Waals surface area contributed by atoms with Gasteiger partial charge in [0.15, 0.2) is 0 Å². The number of amides is 1. The second-order valence-corrected chi connectivity index (χ2v) is 5.08. The predicted molar refractivity (Wildman–Crippen MR) is 84.1 cm³/mol. The minimum atomic E-state index is -0.603. The first-order valence-corrected chi connectivity index (χ1v) is 7.31. The average molecular weight is 310 g/mol. The van der Waals surface area contributed by atoms with Crippen molar-refractivity contribution in [3.63, 3.8) is 0 Å². The lowest BCUT2D eigenvalue weighted by Gasteiger charge is -2.34. The van der Waals surface area contributed by atoms with Gasteiger partial charge in [-0.25, -0.2) is 9.97 Å².